The monoisotopic (exact) mass is 182 g/mol. The minimum absolute atomic E-state index is 0.362. The molecule has 0 aliphatic rings. The lowest BCUT2D eigenvalue weighted by atomic mass is 10.2. The first-order valence-electron chi connectivity index (χ1n) is 3.98. The van der Waals surface area contributed by atoms with E-state index >= 15 is 0 Å². The summed E-state index contributed by atoms with van der Waals surface area (Å²) >= 11 is 0. The lowest BCUT2D eigenvalue weighted by Crippen LogP contribution is -2.20. The Hall–Kier alpha value is -1.20. The van der Waals surface area contributed by atoms with E-state index in [9.17, 15) is 0 Å². The van der Waals surface area contributed by atoms with Crippen molar-refractivity contribution in [2.75, 3.05) is 6.61 Å². The van der Waals surface area contributed by atoms with Crippen molar-refractivity contribution < 1.29 is 19.4 Å². The molecule has 1 aromatic rings. The van der Waals surface area contributed by atoms with E-state index in [-0.39, 0.29) is 0 Å². The molecular formula is C8H11BO4. The molecular weight excluding hydrogens is 171 g/mol. The lowest BCUT2D eigenvalue weighted by Gasteiger charge is -2.06. The van der Waals surface area contributed by atoms with Gasteiger partial charge in [0, 0.05) is 6.07 Å². The van der Waals surface area contributed by atoms with E-state index < -0.39 is 7.32 Å². The van der Waals surface area contributed by atoms with Gasteiger partial charge in [-0.15, -0.1) is 0 Å². The number of hydrogen-bond acceptors (Lipinski definition) is 4. The Labute approximate surface area is 76.9 Å². The Kier molecular flexibility index (Phi) is 3.61. The molecule has 13 heavy (non-hydrogen) atoms. The largest absolute Gasteiger partial charge is 0.707 e. The van der Waals surface area contributed by atoms with Crippen LogP contribution in [0, 0.1) is 0 Å². The van der Waals surface area contributed by atoms with Gasteiger partial charge in [-0.05, 0) is 19.1 Å². The van der Waals surface area contributed by atoms with Crippen molar-refractivity contribution in [2.24, 2.45) is 0 Å². The minimum atomic E-state index is -1.79. The average molecular weight is 182 g/mol. The molecule has 0 bridgehead atoms. The molecule has 4 nitrogen and oxygen atoms in total. The molecule has 0 heterocycles. The molecule has 0 spiro atoms. The smallest absolute Gasteiger partial charge is 0.512 e. The maximum absolute atomic E-state index is 8.52. The van der Waals surface area contributed by atoms with Crippen LogP contribution in [0.4, 0.5) is 0 Å². The summed E-state index contributed by atoms with van der Waals surface area (Å²) in [6.07, 6.45) is 0. The molecule has 1 aromatic carbocycles. The second-order valence-corrected chi connectivity index (χ2v) is 2.35. The third kappa shape index (κ3) is 3.35. The summed E-state index contributed by atoms with van der Waals surface area (Å²) in [5.41, 5.74) is 0. The van der Waals surface area contributed by atoms with Crippen molar-refractivity contribution in [1.29, 1.82) is 0 Å². The Morgan fingerprint density at radius 1 is 1.31 bits per heavy atom. The van der Waals surface area contributed by atoms with Gasteiger partial charge in [0.1, 0.15) is 11.5 Å². The summed E-state index contributed by atoms with van der Waals surface area (Å²) in [6, 6.07) is 6.67. The molecule has 0 aliphatic heterocycles. The van der Waals surface area contributed by atoms with Gasteiger partial charge in [0.05, 0.1) is 6.61 Å². The fraction of sp³-hybridized carbons (Fsp3) is 0.250. The molecule has 0 saturated carbocycles. The first kappa shape index (κ1) is 9.89. The van der Waals surface area contributed by atoms with Gasteiger partial charge in [0.2, 0.25) is 0 Å². The van der Waals surface area contributed by atoms with Gasteiger partial charge in [0.15, 0.2) is 0 Å². The van der Waals surface area contributed by atoms with Gasteiger partial charge >= 0.3 is 7.32 Å². The van der Waals surface area contributed by atoms with Crippen LogP contribution in [0.5, 0.6) is 11.5 Å². The summed E-state index contributed by atoms with van der Waals surface area (Å²) in [7, 11) is -1.79. The van der Waals surface area contributed by atoms with Crippen molar-refractivity contribution in [3.8, 4) is 11.5 Å². The highest BCUT2D eigenvalue weighted by atomic mass is 16.6. The van der Waals surface area contributed by atoms with E-state index in [2.05, 4.69) is 4.65 Å². The highest BCUT2D eigenvalue weighted by Gasteiger charge is 2.10. The normalized spacial score (nSPS) is 9.46. The van der Waals surface area contributed by atoms with Gasteiger partial charge in [-0.1, -0.05) is 6.07 Å². The lowest BCUT2D eigenvalue weighted by molar-refractivity contribution is 0.286. The Bertz CT molecular complexity index is 264. The van der Waals surface area contributed by atoms with E-state index in [1.165, 1.54) is 0 Å². The summed E-state index contributed by atoms with van der Waals surface area (Å²) in [5.74, 6) is 1.00. The van der Waals surface area contributed by atoms with Crippen LogP contribution in [-0.2, 0) is 0 Å². The predicted octanol–water partition coefficient (Wildman–Crippen LogP) is 0.434. The second-order valence-electron chi connectivity index (χ2n) is 2.35. The second kappa shape index (κ2) is 4.74. The maximum Gasteiger partial charge on any atom is 0.707 e. The van der Waals surface area contributed by atoms with Crippen LogP contribution in [0.15, 0.2) is 24.3 Å². The summed E-state index contributed by atoms with van der Waals surface area (Å²) in [4.78, 5) is 0. The molecule has 5 heteroatoms. The van der Waals surface area contributed by atoms with E-state index in [1.807, 2.05) is 6.92 Å². The highest BCUT2D eigenvalue weighted by molar-refractivity contribution is 6.33. The van der Waals surface area contributed by atoms with Crippen LogP contribution in [0.2, 0.25) is 0 Å². The fourth-order valence-electron chi connectivity index (χ4n) is 0.926. The van der Waals surface area contributed by atoms with E-state index in [4.69, 9.17) is 14.8 Å². The summed E-state index contributed by atoms with van der Waals surface area (Å²) in [6.45, 7) is 2.43. The van der Waals surface area contributed by atoms with Crippen molar-refractivity contribution in [1.82, 2.24) is 0 Å². The Morgan fingerprint density at radius 2 is 2.00 bits per heavy atom. The van der Waals surface area contributed by atoms with Gasteiger partial charge in [-0.2, -0.15) is 0 Å². The zero-order valence-corrected chi connectivity index (χ0v) is 7.30. The number of benzene rings is 1. The zero-order valence-electron chi connectivity index (χ0n) is 7.30. The molecule has 0 fully saturated rings. The van der Waals surface area contributed by atoms with Gasteiger partial charge < -0.3 is 19.4 Å². The topological polar surface area (TPSA) is 58.9 Å². The molecule has 70 valence electrons. The van der Waals surface area contributed by atoms with Crippen LogP contribution in [0.1, 0.15) is 6.92 Å². The van der Waals surface area contributed by atoms with Crippen LogP contribution < -0.4 is 9.39 Å². The van der Waals surface area contributed by atoms with E-state index in [0.29, 0.717) is 18.1 Å². The first-order chi connectivity index (χ1) is 6.22. The molecule has 1 rings (SSSR count). The van der Waals surface area contributed by atoms with Crippen LogP contribution in [0.25, 0.3) is 0 Å². The van der Waals surface area contributed by atoms with Crippen molar-refractivity contribution >= 4 is 7.32 Å². The van der Waals surface area contributed by atoms with Crippen LogP contribution in [-0.4, -0.2) is 24.0 Å². The van der Waals surface area contributed by atoms with E-state index in [0.717, 1.165) is 0 Å². The van der Waals surface area contributed by atoms with E-state index in [1.54, 1.807) is 24.3 Å². The van der Waals surface area contributed by atoms with Gasteiger partial charge in [-0.25, -0.2) is 0 Å². The fourth-order valence-corrected chi connectivity index (χ4v) is 0.926. The molecule has 0 aliphatic carbocycles. The standard InChI is InChI=1S/C8H11BO4/c1-2-12-7-4-3-5-8(6-7)13-9(10)11/h3-6,10-11H,2H2,1H3. The number of hydrogen-bond donors (Lipinski definition) is 2. The number of rotatable bonds is 4. The molecule has 0 amide bonds. The van der Waals surface area contributed by atoms with Crippen LogP contribution >= 0.6 is 0 Å². The van der Waals surface area contributed by atoms with Crippen LogP contribution in [0.3, 0.4) is 0 Å². The molecule has 2 N–H and O–H groups in total. The Balaban J connectivity index is 2.67. The first-order valence-corrected chi connectivity index (χ1v) is 3.98. The number of ether oxygens (including phenoxy) is 1. The molecule has 0 radical (unpaired) electrons. The molecule has 0 atom stereocenters. The zero-order chi connectivity index (χ0) is 9.68. The van der Waals surface area contributed by atoms with Crippen molar-refractivity contribution in [3.05, 3.63) is 24.3 Å². The quantitative estimate of drug-likeness (QED) is 0.663. The maximum atomic E-state index is 8.52. The predicted molar refractivity (Wildman–Crippen MR) is 48.4 cm³/mol. The van der Waals surface area contributed by atoms with Gasteiger partial charge in [-0.3, -0.25) is 0 Å². The summed E-state index contributed by atoms with van der Waals surface area (Å²) in [5, 5.41) is 17.0. The van der Waals surface area contributed by atoms with Gasteiger partial charge in [0.25, 0.3) is 0 Å². The van der Waals surface area contributed by atoms with Crippen molar-refractivity contribution in [3.63, 3.8) is 0 Å². The highest BCUT2D eigenvalue weighted by Crippen LogP contribution is 2.19. The summed E-state index contributed by atoms with van der Waals surface area (Å²) < 4.78 is 9.82. The average Bonchev–Trinajstić information content (AvgIpc) is 2.04. The SMILES string of the molecule is CCOc1cccc(OB(O)O)c1. The minimum Gasteiger partial charge on any atom is -0.512 e. The van der Waals surface area contributed by atoms with Crippen molar-refractivity contribution in [2.45, 2.75) is 6.92 Å². The third-order valence-corrected chi connectivity index (χ3v) is 1.36. The molecule has 0 saturated heterocycles. The third-order valence-electron chi connectivity index (χ3n) is 1.36. The Morgan fingerprint density at radius 3 is 2.62 bits per heavy atom. The molecule has 0 aromatic heterocycles. The molecule has 0 unspecified atom stereocenters.